The minimum atomic E-state index is -0.937. The molecule has 96 valence electrons. The van der Waals surface area contributed by atoms with Gasteiger partial charge in [-0.05, 0) is 19.3 Å². The van der Waals surface area contributed by atoms with Gasteiger partial charge in [-0.15, -0.1) is 16.4 Å². The molecule has 1 fully saturated rings. The molecule has 18 heavy (non-hydrogen) atoms. The molecule has 1 aliphatic rings. The van der Waals surface area contributed by atoms with E-state index in [4.69, 9.17) is 0 Å². The highest BCUT2D eigenvalue weighted by Crippen LogP contribution is 2.35. The molecule has 0 saturated heterocycles. The van der Waals surface area contributed by atoms with Crippen LogP contribution in [0.1, 0.15) is 19.3 Å². The molecule has 1 atom stereocenters. The number of aliphatic hydroxyl groups is 2. The van der Waals surface area contributed by atoms with Crippen LogP contribution >= 0.6 is 11.3 Å². The molecular formula is C11H14N4O2S. The van der Waals surface area contributed by atoms with E-state index < -0.39 is 11.7 Å². The van der Waals surface area contributed by atoms with E-state index in [-0.39, 0.29) is 6.54 Å². The Bertz CT molecular complexity index is 521. The minimum Gasteiger partial charge on any atom is -0.388 e. The molecule has 1 unspecified atom stereocenters. The Balaban J connectivity index is 1.70. The van der Waals surface area contributed by atoms with E-state index in [1.807, 2.05) is 5.38 Å². The van der Waals surface area contributed by atoms with Gasteiger partial charge < -0.3 is 10.2 Å². The molecular weight excluding hydrogens is 252 g/mol. The normalized spacial score (nSPS) is 19.4. The Hall–Kier alpha value is -1.31. The van der Waals surface area contributed by atoms with Crippen molar-refractivity contribution in [2.75, 3.05) is 0 Å². The summed E-state index contributed by atoms with van der Waals surface area (Å²) < 4.78 is 1.55. The largest absolute Gasteiger partial charge is 0.388 e. The van der Waals surface area contributed by atoms with Crippen LogP contribution in [0, 0.1) is 0 Å². The minimum absolute atomic E-state index is 0.259. The fourth-order valence-electron chi connectivity index (χ4n) is 2.03. The van der Waals surface area contributed by atoms with Crippen LogP contribution in [-0.4, -0.2) is 41.7 Å². The molecule has 7 heteroatoms. The third-order valence-corrected chi connectivity index (χ3v) is 4.13. The summed E-state index contributed by atoms with van der Waals surface area (Å²) in [4.78, 5) is 8.27. The molecule has 2 N–H and O–H groups in total. The molecule has 0 aliphatic heterocycles. The van der Waals surface area contributed by atoms with Gasteiger partial charge in [-0.3, -0.25) is 0 Å². The maximum absolute atomic E-state index is 10.0. The molecule has 1 aliphatic carbocycles. The van der Waals surface area contributed by atoms with Crippen molar-refractivity contribution in [3.05, 3.63) is 17.9 Å². The van der Waals surface area contributed by atoms with Crippen LogP contribution < -0.4 is 0 Å². The number of hydrogen-bond donors (Lipinski definition) is 2. The van der Waals surface area contributed by atoms with Gasteiger partial charge in [0.05, 0.1) is 12.1 Å². The van der Waals surface area contributed by atoms with E-state index in [1.165, 1.54) is 11.3 Å². The average molecular weight is 266 g/mol. The van der Waals surface area contributed by atoms with Crippen LogP contribution in [0.2, 0.25) is 0 Å². The summed E-state index contributed by atoms with van der Waals surface area (Å²) in [5.41, 5.74) is -0.937. The van der Waals surface area contributed by atoms with Gasteiger partial charge in [-0.2, -0.15) is 0 Å². The van der Waals surface area contributed by atoms with E-state index in [2.05, 4.69) is 15.1 Å². The topological polar surface area (TPSA) is 84.1 Å². The Morgan fingerprint density at radius 2 is 2.28 bits per heavy atom. The lowest BCUT2D eigenvalue weighted by molar-refractivity contribution is -0.131. The average Bonchev–Trinajstić information content (AvgIpc) is 2.94. The van der Waals surface area contributed by atoms with E-state index in [0.717, 1.165) is 11.4 Å². The fraction of sp³-hybridized carbons (Fsp3) is 0.545. The predicted molar refractivity (Wildman–Crippen MR) is 65.9 cm³/mol. The molecule has 1 saturated carbocycles. The lowest BCUT2D eigenvalue weighted by atomic mass is 9.76. The van der Waals surface area contributed by atoms with E-state index in [0.29, 0.717) is 18.7 Å². The highest BCUT2D eigenvalue weighted by Gasteiger charge is 2.41. The molecule has 0 bridgehead atoms. The highest BCUT2D eigenvalue weighted by atomic mass is 32.1. The molecule has 6 nitrogen and oxygen atoms in total. The summed E-state index contributed by atoms with van der Waals surface area (Å²) in [6.07, 6.45) is 4.74. The summed E-state index contributed by atoms with van der Waals surface area (Å²) in [7, 11) is 0. The van der Waals surface area contributed by atoms with Gasteiger partial charge in [0, 0.05) is 11.6 Å². The first kappa shape index (κ1) is 11.8. The van der Waals surface area contributed by atoms with Crippen LogP contribution in [0.3, 0.4) is 0 Å². The van der Waals surface area contributed by atoms with Gasteiger partial charge in [0.1, 0.15) is 12.4 Å². The second-order valence-corrected chi connectivity index (χ2v) is 5.49. The van der Waals surface area contributed by atoms with Gasteiger partial charge in [0.15, 0.2) is 5.01 Å². The number of aliphatic hydroxyl groups excluding tert-OH is 1. The SMILES string of the molecule is OC(Cn1cnc(-c2nccs2)n1)C1(O)CCC1. The molecule has 0 amide bonds. The molecule has 3 rings (SSSR count). The van der Waals surface area contributed by atoms with Crippen LogP contribution in [0.5, 0.6) is 0 Å². The van der Waals surface area contributed by atoms with Gasteiger partial charge in [-0.25, -0.2) is 14.6 Å². The zero-order chi connectivity index (χ0) is 12.6. The van der Waals surface area contributed by atoms with E-state index >= 15 is 0 Å². The molecule has 2 aromatic heterocycles. The molecule has 2 aromatic rings. The van der Waals surface area contributed by atoms with Crippen molar-refractivity contribution in [3.63, 3.8) is 0 Å². The van der Waals surface area contributed by atoms with Crippen molar-refractivity contribution >= 4 is 11.3 Å². The number of rotatable bonds is 4. The van der Waals surface area contributed by atoms with Crippen molar-refractivity contribution in [3.8, 4) is 10.8 Å². The zero-order valence-corrected chi connectivity index (χ0v) is 10.5. The summed E-state index contributed by atoms with van der Waals surface area (Å²) >= 11 is 1.47. The van der Waals surface area contributed by atoms with Gasteiger partial charge in [0.25, 0.3) is 0 Å². The van der Waals surface area contributed by atoms with Crippen molar-refractivity contribution in [2.24, 2.45) is 0 Å². The van der Waals surface area contributed by atoms with Crippen LogP contribution in [0.15, 0.2) is 17.9 Å². The Morgan fingerprint density at radius 3 is 2.89 bits per heavy atom. The molecule has 0 aromatic carbocycles. The highest BCUT2D eigenvalue weighted by molar-refractivity contribution is 7.12. The first-order chi connectivity index (χ1) is 8.67. The van der Waals surface area contributed by atoms with Gasteiger partial charge in [-0.1, -0.05) is 0 Å². The van der Waals surface area contributed by atoms with Crippen LogP contribution in [0.4, 0.5) is 0 Å². The lowest BCUT2D eigenvalue weighted by Gasteiger charge is -2.40. The second-order valence-electron chi connectivity index (χ2n) is 4.60. The van der Waals surface area contributed by atoms with E-state index in [9.17, 15) is 10.2 Å². The number of hydrogen-bond acceptors (Lipinski definition) is 6. The Kier molecular flexibility index (Phi) is 2.89. The van der Waals surface area contributed by atoms with Crippen molar-refractivity contribution in [1.29, 1.82) is 0 Å². The standard InChI is InChI=1S/C11H14N4O2S/c16-8(11(17)2-1-3-11)6-15-7-13-9(14-15)10-12-4-5-18-10/h4-5,7-8,16-17H,1-3,6H2. The lowest BCUT2D eigenvalue weighted by Crippen LogP contribution is -2.50. The van der Waals surface area contributed by atoms with Gasteiger partial charge in [0.2, 0.25) is 5.82 Å². The summed E-state index contributed by atoms with van der Waals surface area (Å²) in [5.74, 6) is 0.554. The van der Waals surface area contributed by atoms with Crippen LogP contribution in [-0.2, 0) is 6.54 Å². The van der Waals surface area contributed by atoms with E-state index in [1.54, 1.807) is 17.2 Å². The molecule has 0 radical (unpaired) electrons. The Morgan fingerprint density at radius 1 is 1.44 bits per heavy atom. The van der Waals surface area contributed by atoms with Crippen molar-refractivity contribution < 1.29 is 10.2 Å². The summed E-state index contributed by atoms with van der Waals surface area (Å²) in [6.45, 7) is 0.259. The van der Waals surface area contributed by atoms with Crippen molar-refractivity contribution in [1.82, 2.24) is 19.7 Å². The third kappa shape index (κ3) is 2.05. The number of aromatic nitrogens is 4. The third-order valence-electron chi connectivity index (χ3n) is 3.36. The van der Waals surface area contributed by atoms with Gasteiger partial charge >= 0.3 is 0 Å². The van der Waals surface area contributed by atoms with Crippen LogP contribution in [0.25, 0.3) is 10.8 Å². The summed E-state index contributed by atoms with van der Waals surface area (Å²) in [5, 5.41) is 26.8. The molecule has 0 spiro atoms. The number of nitrogens with zero attached hydrogens (tertiary/aromatic N) is 4. The Labute approximate surface area is 108 Å². The first-order valence-corrected chi connectivity index (χ1v) is 6.75. The zero-order valence-electron chi connectivity index (χ0n) is 9.73. The summed E-state index contributed by atoms with van der Waals surface area (Å²) in [6, 6.07) is 0. The number of thiazole rings is 1. The second kappa shape index (κ2) is 4.42. The maximum atomic E-state index is 10.0. The maximum Gasteiger partial charge on any atom is 0.210 e. The first-order valence-electron chi connectivity index (χ1n) is 5.87. The fourth-order valence-corrected chi connectivity index (χ4v) is 2.61. The van der Waals surface area contributed by atoms with Crippen molar-refractivity contribution in [2.45, 2.75) is 37.5 Å². The smallest absolute Gasteiger partial charge is 0.210 e. The monoisotopic (exact) mass is 266 g/mol. The predicted octanol–water partition coefficient (Wildman–Crippen LogP) is 0.677. The molecule has 2 heterocycles. The quantitative estimate of drug-likeness (QED) is 0.850.